The van der Waals surface area contributed by atoms with Crippen LogP contribution in [0.5, 0.6) is 0 Å². The highest BCUT2D eigenvalue weighted by atomic mass is 16.5. The lowest BCUT2D eigenvalue weighted by Gasteiger charge is -2.11. The summed E-state index contributed by atoms with van der Waals surface area (Å²) in [5.41, 5.74) is 2.01. The highest BCUT2D eigenvalue weighted by Crippen LogP contribution is 2.20. The van der Waals surface area contributed by atoms with Gasteiger partial charge >= 0.3 is 0 Å². The van der Waals surface area contributed by atoms with Crippen LogP contribution >= 0.6 is 0 Å². The zero-order valence-electron chi connectivity index (χ0n) is 14.0. The summed E-state index contributed by atoms with van der Waals surface area (Å²) >= 11 is 0. The molecule has 1 aromatic carbocycles. The first kappa shape index (κ1) is 15.9. The molecule has 130 valence electrons. The summed E-state index contributed by atoms with van der Waals surface area (Å²) in [5, 5.41) is 11.0. The Labute approximate surface area is 148 Å². The molecule has 8 heteroatoms. The second-order valence-corrected chi connectivity index (χ2v) is 5.91. The van der Waals surface area contributed by atoms with E-state index in [-0.39, 0.29) is 11.9 Å². The van der Waals surface area contributed by atoms with Gasteiger partial charge in [0.15, 0.2) is 5.65 Å². The van der Waals surface area contributed by atoms with Crippen LogP contribution in [0.4, 0.5) is 0 Å². The minimum Gasteiger partial charge on any atom is -0.349 e. The Morgan fingerprint density at radius 2 is 2.08 bits per heavy atom. The molecule has 0 aliphatic carbocycles. The molecule has 3 heterocycles. The number of pyridine rings is 1. The van der Waals surface area contributed by atoms with E-state index in [1.807, 2.05) is 37.3 Å². The van der Waals surface area contributed by atoms with E-state index in [2.05, 4.69) is 25.5 Å². The predicted molar refractivity (Wildman–Crippen MR) is 93.4 cm³/mol. The fourth-order valence-electron chi connectivity index (χ4n) is 2.68. The van der Waals surface area contributed by atoms with Crippen LogP contribution in [0.3, 0.4) is 0 Å². The normalized spacial score (nSPS) is 12.2. The largest absolute Gasteiger partial charge is 0.349 e. The molecule has 0 radical (unpaired) electrons. The van der Waals surface area contributed by atoms with Gasteiger partial charge in [-0.1, -0.05) is 23.4 Å². The molecule has 3 aromatic heterocycles. The molecule has 1 N–H and O–H groups in total. The van der Waals surface area contributed by atoms with Crippen molar-refractivity contribution in [1.82, 2.24) is 30.1 Å². The molecule has 0 saturated heterocycles. The summed E-state index contributed by atoms with van der Waals surface area (Å²) in [7, 11) is 0. The van der Waals surface area contributed by atoms with Gasteiger partial charge in [-0.3, -0.25) is 4.79 Å². The van der Waals surface area contributed by atoms with Crippen LogP contribution in [0.1, 0.15) is 23.2 Å². The summed E-state index contributed by atoms with van der Waals surface area (Å²) in [6.07, 6.45) is 3.70. The summed E-state index contributed by atoms with van der Waals surface area (Å²) in [4.78, 5) is 20.8. The number of hydrogen-bond donors (Lipinski definition) is 1. The van der Waals surface area contributed by atoms with Crippen molar-refractivity contribution in [2.24, 2.45) is 0 Å². The van der Waals surface area contributed by atoms with E-state index in [4.69, 9.17) is 4.52 Å². The van der Waals surface area contributed by atoms with Gasteiger partial charge in [0.25, 0.3) is 5.91 Å². The van der Waals surface area contributed by atoms with Crippen molar-refractivity contribution in [3.63, 3.8) is 0 Å². The highest BCUT2D eigenvalue weighted by Gasteiger charge is 2.16. The van der Waals surface area contributed by atoms with E-state index in [0.29, 0.717) is 29.3 Å². The minimum atomic E-state index is -0.153. The Morgan fingerprint density at radius 3 is 2.92 bits per heavy atom. The average molecular weight is 348 g/mol. The molecule has 4 aromatic rings. The Balaban J connectivity index is 1.47. The Morgan fingerprint density at radius 1 is 1.23 bits per heavy atom. The number of aromatic nitrogens is 5. The molecule has 8 nitrogen and oxygen atoms in total. The van der Waals surface area contributed by atoms with Crippen molar-refractivity contribution in [1.29, 1.82) is 0 Å². The van der Waals surface area contributed by atoms with Crippen molar-refractivity contribution in [2.75, 3.05) is 0 Å². The molecule has 0 saturated carbocycles. The zero-order valence-corrected chi connectivity index (χ0v) is 14.0. The summed E-state index contributed by atoms with van der Waals surface area (Å²) in [6.45, 7) is 1.89. The van der Waals surface area contributed by atoms with E-state index >= 15 is 0 Å². The SMILES string of the molecule is CC(Cc1nc(-c2cccn3ncnc23)no1)NC(=O)c1ccccc1. The molecular weight excluding hydrogens is 332 g/mol. The number of carbonyl (C=O) groups excluding carboxylic acids is 1. The Bertz CT molecular complexity index is 1040. The zero-order chi connectivity index (χ0) is 17.9. The third kappa shape index (κ3) is 3.16. The van der Waals surface area contributed by atoms with Gasteiger partial charge in [0.1, 0.15) is 6.33 Å². The second-order valence-electron chi connectivity index (χ2n) is 5.91. The lowest BCUT2D eigenvalue weighted by molar-refractivity contribution is 0.0938. The van der Waals surface area contributed by atoms with Crippen molar-refractivity contribution in [2.45, 2.75) is 19.4 Å². The van der Waals surface area contributed by atoms with Gasteiger partial charge in [-0.2, -0.15) is 10.1 Å². The number of fused-ring (bicyclic) bond motifs is 1. The Hall–Kier alpha value is -3.55. The average Bonchev–Trinajstić information content (AvgIpc) is 3.31. The number of benzene rings is 1. The first-order chi connectivity index (χ1) is 12.7. The van der Waals surface area contributed by atoms with Gasteiger partial charge in [-0.05, 0) is 31.2 Å². The smallest absolute Gasteiger partial charge is 0.251 e. The number of hydrogen-bond acceptors (Lipinski definition) is 6. The van der Waals surface area contributed by atoms with E-state index in [0.717, 1.165) is 5.56 Å². The Kier molecular flexibility index (Phi) is 4.14. The number of nitrogens with one attached hydrogen (secondary N) is 1. The number of carbonyl (C=O) groups is 1. The van der Waals surface area contributed by atoms with Crippen molar-refractivity contribution >= 4 is 11.6 Å². The molecule has 0 aliphatic rings. The van der Waals surface area contributed by atoms with Gasteiger partial charge in [-0.25, -0.2) is 9.50 Å². The molecule has 1 unspecified atom stereocenters. The maximum Gasteiger partial charge on any atom is 0.251 e. The maximum absolute atomic E-state index is 12.2. The standard InChI is InChI=1S/C18H16N6O2/c1-12(21-18(25)13-6-3-2-4-7-13)10-15-22-16(23-26-15)14-8-5-9-24-17(14)19-11-20-24/h2-9,11-12H,10H2,1H3,(H,21,25). The van der Waals surface area contributed by atoms with Gasteiger partial charge in [0.2, 0.25) is 11.7 Å². The number of amides is 1. The molecule has 26 heavy (non-hydrogen) atoms. The van der Waals surface area contributed by atoms with Crippen LogP contribution in [0, 0.1) is 0 Å². The lowest BCUT2D eigenvalue weighted by atomic mass is 10.2. The molecule has 1 amide bonds. The number of rotatable bonds is 5. The fourth-order valence-corrected chi connectivity index (χ4v) is 2.68. The molecule has 0 spiro atoms. The first-order valence-electron chi connectivity index (χ1n) is 8.18. The molecule has 0 aliphatic heterocycles. The summed E-state index contributed by atoms with van der Waals surface area (Å²) in [5.74, 6) is 0.758. The van der Waals surface area contributed by atoms with Crippen LogP contribution in [-0.2, 0) is 6.42 Å². The third-order valence-corrected chi connectivity index (χ3v) is 3.91. The van der Waals surface area contributed by atoms with Crippen LogP contribution in [0.15, 0.2) is 59.5 Å². The van der Waals surface area contributed by atoms with Crippen molar-refractivity contribution in [3.05, 3.63) is 66.4 Å². The van der Waals surface area contributed by atoms with E-state index in [1.165, 1.54) is 6.33 Å². The van der Waals surface area contributed by atoms with Crippen molar-refractivity contribution < 1.29 is 9.32 Å². The van der Waals surface area contributed by atoms with Gasteiger partial charge in [0, 0.05) is 24.2 Å². The second kappa shape index (κ2) is 6.75. The highest BCUT2D eigenvalue weighted by molar-refractivity contribution is 5.94. The predicted octanol–water partition coefficient (Wildman–Crippen LogP) is 2.14. The molecule has 4 rings (SSSR count). The third-order valence-electron chi connectivity index (χ3n) is 3.91. The molecular formula is C18H16N6O2. The number of nitrogens with zero attached hydrogens (tertiary/aromatic N) is 5. The van der Waals surface area contributed by atoms with E-state index in [1.54, 1.807) is 22.8 Å². The fraction of sp³-hybridized carbons (Fsp3) is 0.167. The van der Waals surface area contributed by atoms with Gasteiger partial charge < -0.3 is 9.84 Å². The summed E-state index contributed by atoms with van der Waals surface area (Å²) < 4.78 is 6.98. The molecule has 0 fully saturated rings. The van der Waals surface area contributed by atoms with Crippen molar-refractivity contribution in [3.8, 4) is 11.4 Å². The van der Waals surface area contributed by atoms with Gasteiger partial charge in [0.05, 0.1) is 5.56 Å². The molecule has 1 atom stereocenters. The monoisotopic (exact) mass is 348 g/mol. The van der Waals surface area contributed by atoms with Crippen LogP contribution < -0.4 is 5.32 Å². The summed E-state index contributed by atoms with van der Waals surface area (Å²) in [6, 6.07) is 12.6. The molecule has 0 bridgehead atoms. The van der Waals surface area contributed by atoms with Crippen LogP contribution in [-0.4, -0.2) is 36.7 Å². The van der Waals surface area contributed by atoms with Gasteiger partial charge in [-0.15, -0.1) is 0 Å². The lowest BCUT2D eigenvalue weighted by Crippen LogP contribution is -2.34. The minimum absolute atomic E-state index is 0.133. The van der Waals surface area contributed by atoms with E-state index < -0.39 is 0 Å². The first-order valence-corrected chi connectivity index (χ1v) is 8.18. The van der Waals surface area contributed by atoms with E-state index in [9.17, 15) is 4.79 Å². The maximum atomic E-state index is 12.2. The van der Waals surface area contributed by atoms with Crippen LogP contribution in [0.25, 0.3) is 17.0 Å². The van der Waals surface area contributed by atoms with Crippen LogP contribution in [0.2, 0.25) is 0 Å². The quantitative estimate of drug-likeness (QED) is 0.593. The topological polar surface area (TPSA) is 98.2 Å².